The minimum Gasteiger partial charge on any atom is -0.370 e. The summed E-state index contributed by atoms with van der Waals surface area (Å²) in [6, 6.07) is 0. The summed E-state index contributed by atoms with van der Waals surface area (Å²) in [6.45, 7) is 2.87. The Hall–Kier alpha value is -0.570. The highest BCUT2D eigenvalue weighted by molar-refractivity contribution is 5.73. The fraction of sp³-hybridized carbons (Fsp3) is 0.857. The molecule has 0 aliphatic carbocycles. The van der Waals surface area contributed by atoms with Crippen LogP contribution in [0.3, 0.4) is 0 Å². The SMILES string of the molecule is CCC1(CCC(N)=O)CO1. The minimum absolute atomic E-state index is 0.0228. The quantitative estimate of drug-likeness (QED) is 0.580. The summed E-state index contributed by atoms with van der Waals surface area (Å²) in [5, 5.41) is 0. The van der Waals surface area contributed by atoms with Crippen molar-refractivity contribution in [2.75, 3.05) is 6.61 Å². The normalized spacial score (nSPS) is 30.1. The summed E-state index contributed by atoms with van der Waals surface area (Å²) in [7, 11) is 0. The Kier molecular flexibility index (Phi) is 1.94. The predicted octanol–water partition coefficient (Wildman–Crippen LogP) is 0.431. The second kappa shape index (κ2) is 2.58. The lowest BCUT2D eigenvalue weighted by Crippen LogP contribution is -2.16. The van der Waals surface area contributed by atoms with Crippen molar-refractivity contribution in [3.63, 3.8) is 0 Å². The van der Waals surface area contributed by atoms with Crippen LogP contribution in [0.25, 0.3) is 0 Å². The third-order valence-electron chi connectivity index (χ3n) is 2.02. The van der Waals surface area contributed by atoms with Gasteiger partial charge in [-0.25, -0.2) is 0 Å². The van der Waals surface area contributed by atoms with Crippen LogP contribution in [0, 0.1) is 0 Å². The van der Waals surface area contributed by atoms with E-state index in [0.29, 0.717) is 6.42 Å². The molecule has 10 heavy (non-hydrogen) atoms. The van der Waals surface area contributed by atoms with Crippen LogP contribution in [0.1, 0.15) is 26.2 Å². The second-order valence-electron chi connectivity index (χ2n) is 2.79. The summed E-state index contributed by atoms with van der Waals surface area (Å²) < 4.78 is 5.19. The first-order valence-corrected chi connectivity index (χ1v) is 3.61. The molecule has 0 spiro atoms. The van der Waals surface area contributed by atoms with E-state index in [4.69, 9.17) is 10.5 Å². The standard InChI is InChI=1S/C7H13NO2/c1-2-7(5-10-7)4-3-6(8)9/h2-5H2,1H3,(H2,8,9). The summed E-state index contributed by atoms with van der Waals surface area (Å²) in [6.07, 6.45) is 2.23. The van der Waals surface area contributed by atoms with E-state index in [-0.39, 0.29) is 11.5 Å². The van der Waals surface area contributed by atoms with Crippen LogP contribution in [0.2, 0.25) is 0 Å². The maximum atomic E-state index is 10.4. The smallest absolute Gasteiger partial charge is 0.217 e. The zero-order valence-electron chi connectivity index (χ0n) is 6.22. The van der Waals surface area contributed by atoms with Gasteiger partial charge >= 0.3 is 0 Å². The number of hydrogen-bond donors (Lipinski definition) is 1. The maximum Gasteiger partial charge on any atom is 0.217 e. The highest BCUT2D eigenvalue weighted by Gasteiger charge is 2.42. The average Bonchev–Trinajstić information content (AvgIpc) is 2.64. The Morgan fingerprint density at radius 3 is 2.70 bits per heavy atom. The first kappa shape index (κ1) is 7.54. The van der Waals surface area contributed by atoms with Gasteiger partial charge in [0.05, 0.1) is 12.2 Å². The van der Waals surface area contributed by atoms with Crippen LogP contribution < -0.4 is 5.73 Å². The van der Waals surface area contributed by atoms with Gasteiger partial charge in [0.1, 0.15) is 0 Å². The molecule has 0 radical (unpaired) electrons. The summed E-state index contributed by atoms with van der Waals surface area (Å²) in [5.74, 6) is -0.233. The van der Waals surface area contributed by atoms with Crippen molar-refractivity contribution >= 4 is 5.91 Å². The molecule has 1 fully saturated rings. The predicted molar refractivity (Wildman–Crippen MR) is 37.4 cm³/mol. The molecule has 0 aromatic rings. The average molecular weight is 143 g/mol. The van der Waals surface area contributed by atoms with E-state index in [0.717, 1.165) is 19.4 Å². The number of rotatable bonds is 4. The summed E-state index contributed by atoms with van der Waals surface area (Å²) in [5.41, 5.74) is 5.01. The lowest BCUT2D eigenvalue weighted by Gasteiger charge is -2.04. The molecule has 3 nitrogen and oxygen atoms in total. The number of primary amides is 1. The largest absolute Gasteiger partial charge is 0.370 e. The van der Waals surface area contributed by atoms with Crippen LogP contribution in [0.15, 0.2) is 0 Å². The molecule has 1 unspecified atom stereocenters. The first-order valence-electron chi connectivity index (χ1n) is 3.61. The van der Waals surface area contributed by atoms with E-state index in [1.54, 1.807) is 0 Å². The van der Waals surface area contributed by atoms with Gasteiger partial charge in [-0.2, -0.15) is 0 Å². The molecule has 1 saturated heterocycles. The third-order valence-corrected chi connectivity index (χ3v) is 2.02. The molecule has 1 atom stereocenters. The van der Waals surface area contributed by atoms with E-state index in [1.807, 2.05) is 0 Å². The molecular formula is C7H13NO2. The lowest BCUT2D eigenvalue weighted by molar-refractivity contribution is -0.118. The number of nitrogens with two attached hydrogens (primary N) is 1. The number of carbonyl (C=O) groups excluding carboxylic acids is 1. The van der Waals surface area contributed by atoms with Crippen LogP contribution in [-0.2, 0) is 9.53 Å². The first-order chi connectivity index (χ1) is 4.68. The van der Waals surface area contributed by atoms with Crippen LogP contribution in [-0.4, -0.2) is 18.1 Å². The van der Waals surface area contributed by atoms with Crippen molar-refractivity contribution < 1.29 is 9.53 Å². The Labute approximate surface area is 60.5 Å². The summed E-state index contributed by atoms with van der Waals surface area (Å²) in [4.78, 5) is 10.4. The molecule has 0 aromatic carbocycles. The molecule has 1 aliphatic heterocycles. The molecule has 1 aliphatic rings. The minimum atomic E-state index is -0.233. The van der Waals surface area contributed by atoms with Crippen molar-refractivity contribution in [3.05, 3.63) is 0 Å². The zero-order valence-corrected chi connectivity index (χ0v) is 6.22. The van der Waals surface area contributed by atoms with E-state index in [1.165, 1.54) is 0 Å². The summed E-state index contributed by atoms with van der Waals surface area (Å²) >= 11 is 0. The van der Waals surface area contributed by atoms with Gasteiger partial charge in [-0.15, -0.1) is 0 Å². The van der Waals surface area contributed by atoms with Crippen molar-refractivity contribution in [2.24, 2.45) is 5.73 Å². The molecular weight excluding hydrogens is 130 g/mol. The molecule has 1 heterocycles. The Bertz CT molecular complexity index is 141. The monoisotopic (exact) mass is 143 g/mol. The van der Waals surface area contributed by atoms with Crippen molar-refractivity contribution in [3.8, 4) is 0 Å². The van der Waals surface area contributed by atoms with E-state index in [2.05, 4.69) is 6.92 Å². The fourth-order valence-corrected chi connectivity index (χ4v) is 0.978. The van der Waals surface area contributed by atoms with Gasteiger partial charge in [0.15, 0.2) is 0 Å². The molecule has 1 amide bonds. The van der Waals surface area contributed by atoms with E-state index < -0.39 is 0 Å². The van der Waals surface area contributed by atoms with Gasteiger partial charge in [0.25, 0.3) is 0 Å². The van der Waals surface area contributed by atoms with Gasteiger partial charge in [-0.05, 0) is 12.8 Å². The number of epoxide rings is 1. The molecule has 0 saturated carbocycles. The van der Waals surface area contributed by atoms with Crippen LogP contribution >= 0.6 is 0 Å². The number of carbonyl (C=O) groups is 1. The molecule has 2 N–H and O–H groups in total. The molecule has 0 aromatic heterocycles. The number of ether oxygens (including phenoxy) is 1. The Balaban J connectivity index is 2.19. The highest BCUT2D eigenvalue weighted by atomic mass is 16.6. The lowest BCUT2D eigenvalue weighted by atomic mass is 10.0. The Morgan fingerprint density at radius 1 is 1.80 bits per heavy atom. The topological polar surface area (TPSA) is 55.6 Å². The van der Waals surface area contributed by atoms with Gasteiger partial charge in [-0.1, -0.05) is 6.92 Å². The Morgan fingerprint density at radius 2 is 2.40 bits per heavy atom. The highest BCUT2D eigenvalue weighted by Crippen LogP contribution is 2.35. The fourth-order valence-electron chi connectivity index (χ4n) is 0.978. The van der Waals surface area contributed by atoms with E-state index >= 15 is 0 Å². The number of amides is 1. The van der Waals surface area contributed by atoms with Gasteiger partial charge in [-0.3, -0.25) is 4.79 Å². The van der Waals surface area contributed by atoms with Crippen LogP contribution in [0.4, 0.5) is 0 Å². The number of hydrogen-bond acceptors (Lipinski definition) is 2. The van der Waals surface area contributed by atoms with Crippen molar-refractivity contribution in [2.45, 2.75) is 31.8 Å². The third kappa shape index (κ3) is 1.70. The molecule has 3 heteroatoms. The second-order valence-corrected chi connectivity index (χ2v) is 2.79. The van der Waals surface area contributed by atoms with Crippen LogP contribution in [0.5, 0.6) is 0 Å². The van der Waals surface area contributed by atoms with Gasteiger partial charge in [0, 0.05) is 6.42 Å². The van der Waals surface area contributed by atoms with Gasteiger partial charge in [0.2, 0.25) is 5.91 Å². The zero-order chi connectivity index (χ0) is 7.61. The van der Waals surface area contributed by atoms with Crippen molar-refractivity contribution in [1.82, 2.24) is 0 Å². The van der Waals surface area contributed by atoms with Gasteiger partial charge < -0.3 is 10.5 Å². The maximum absolute atomic E-state index is 10.4. The molecule has 1 rings (SSSR count). The van der Waals surface area contributed by atoms with E-state index in [9.17, 15) is 4.79 Å². The van der Waals surface area contributed by atoms with Crippen molar-refractivity contribution in [1.29, 1.82) is 0 Å². The molecule has 58 valence electrons. The molecule has 0 bridgehead atoms.